The zero-order chi connectivity index (χ0) is 38.4. The molecule has 4 N–H and O–H groups in total. The van der Waals surface area contributed by atoms with Crippen LogP contribution in [0.15, 0.2) is 36.4 Å². The van der Waals surface area contributed by atoms with E-state index >= 15 is 0 Å². The third kappa shape index (κ3) is 9.94. The summed E-state index contributed by atoms with van der Waals surface area (Å²) >= 11 is 0. The SMILES string of the molecule is Cc1cc(O)c(C(C)(C)C)cc1CC(C)(Cc1cc(C(C)(C)C)c(O[PH](=O)OCc2cc(C(C)(C)C)c(O)c(C(C)(C)C)c2)cc1C)C(O)O. The minimum Gasteiger partial charge on any atom is -0.508 e. The number of phenols is 2. The Bertz CT molecular complexity index is 1680. The van der Waals surface area contributed by atoms with Crippen LogP contribution in [0.25, 0.3) is 0 Å². The maximum absolute atomic E-state index is 13.4. The maximum atomic E-state index is 13.4. The van der Waals surface area contributed by atoms with Crippen molar-refractivity contribution in [3.63, 3.8) is 0 Å². The Morgan fingerprint density at radius 3 is 1.46 bits per heavy atom. The minimum absolute atomic E-state index is 0.0620. The van der Waals surface area contributed by atoms with Gasteiger partial charge < -0.3 is 24.9 Å². The first-order valence-electron chi connectivity index (χ1n) is 17.6. The van der Waals surface area contributed by atoms with Crippen LogP contribution in [0.1, 0.15) is 140 Å². The molecule has 0 fully saturated rings. The quantitative estimate of drug-likeness (QED) is 0.122. The summed E-state index contributed by atoms with van der Waals surface area (Å²) in [5.41, 5.74) is 5.49. The molecule has 278 valence electrons. The maximum Gasteiger partial charge on any atom is 0.368 e. The molecule has 0 bridgehead atoms. The fourth-order valence-electron chi connectivity index (χ4n) is 6.41. The van der Waals surface area contributed by atoms with Gasteiger partial charge in [-0.15, -0.1) is 0 Å². The second-order valence-corrected chi connectivity index (χ2v) is 19.6. The van der Waals surface area contributed by atoms with Crippen LogP contribution in [0.4, 0.5) is 0 Å². The van der Waals surface area contributed by atoms with Crippen LogP contribution in [0, 0.1) is 19.3 Å². The average molecular weight is 711 g/mol. The Morgan fingerprint density at radius 1 is 0.620 bits per heavy atom. The summed E-state index contributed by atoms with van der Waals surface area (Å²) in [4.78, 5) is 0. The van der Waals surface area contributed by atoms with Gasteiger partial charge in [0.2, 0.25) is 0 Å². The number of aliphatic hydroxyl groups is 2. The number of hydrogen-bond donors (Lipinski definition) is 4. The lowest BCUT2D eigenvalue weighted by Gasteiger charge is -2.34. The molecule has 0 amide bonds. The molecule has 50 heavy (non-hydrogen) atoms. The summed E-state index contributed by atoms with van der Waals surface area (Å²) in [6.07, 6.45) is -0.858. The molecule has 3 aromatic carbocycles. The van der Waals surface area contributed by atoms with Gasteiger partial charge in [-0.2, -0.15) is 0 Å². The summed E-state index contributed by atoms with van der Waals surface area (Å²) in [5, 5.41) is 43.3. The number of benzene rings is 3. The van der Waals surface area contributed by atoms with Crippen molar-refractivity contribution in [3.05, 3.63) is 86.5 Å². The molecule has 0 aromatic heterocycles. The van der Waals surface area contributed by atoms with E-state index in [1.807, 2.05) is 113 Å². The molecular weight excluding hydrogens is 647 g/mol. The van der Waals surface area contributed by atoms with Gasteiger partial charge in [-0.25, -0.2) is 4.57 Å². The smallest absolute Gasteiger partial charge is 0.368 e. The highest BCUT2D eigenvalue weighted by Crippen LogP contribution is 2.44. The molecule has 7 nitrogen and oxygen atoms in total. The Hall–Kier alpha value is -2.83. The molecular formula is C42H63O7P. The zero-order valence-electron chi connectivity index (χ0n) is 33.2. The van der Waals surface area contributed by atoms with Crippen LogP contribution in [-0.4, -0.2) is 26.7 Å². The van der Waals surface area contributed by atoms with Crippen LogP contribution in [0.2, 0.25) is 0 Å². The summed E-state index contributed by atoms with van der Waals surface area (Å²) in [5.74, 6) is 0.983. The third-order valence-electron chi connectivity index (χ3n) is 9.66. The number of phenolic OH excluding ortho intramolecular Hbond substituents is 2. The number of aliphatic hydroxyl groups excluding tert-OH is 1. The minimum atomic E-state index is -2.98. The van der Waals surface area contributed by atoms with Crippen molar-refractivity contribution < 1.29 is 34.0 Å². The second-order valence-electron chi connectivity index (χ2n) is 18.6. The van der Waals surface area contributed by atoms with E-state index in [-0.39, 0.29) is 39.8 Å². The van der Waals surface area contributed by atoms with Gasteiger partial charge in [0.25, 0.3) is 0 Å². The van der Waals surface area contributed by atoms with E-state index in [1.165, 1.54) is 0 Å². The Kier molecular flexibility index (Phi) is 12.2. The van der Waals surface area contributed by atoms with Crippen molar-refractivity contribution in [2.75, 3.05) is 0 Å². The fraction of sp³-hybridized carbons (Fsp3) is 0.571. The van der Waals surface area contributed by atoms with Crippen LogP contribution in [-0.2, 0) is 50.2 Å². The highest BCUT2D eigenvalue weighted by Gasteiger charge is 2.35. The molecule has 2 atom stereocenters. The molecule has 3 aromatic rings. The Morgan fingerprint density at radius 2 is 1.04 bits per heavy atom. The number of rotatable bonds is 10. The lowest BCUT2D eigenvalue weighted by atomic mass is 9.74. The third-order valence-corrected chi connectivity index (χ3v) is 10.4. The summed E-state index contributed by atoms with van der Waals surface area (Å²) in [6, 6.07) is 11.5. The molecule has 0 aliphatic carbocycles. The first-order valence-corrected chi connectivity index (χ1v) is 18.8. The van der Waals surface area contributed by atoms with Crippen molar-refractivity contribution in [3.8, 4) is 17.2 Å². The molecule has 0 spiro atoms. The lowest BCUT2D eigenvalue weighted by Crippen LogP contribution is -2.37. The van der Waals surface area contributed by atoms with Crippen molar-refractivity contribution in [2.45, 2.75) is 151 Å². The molecule has 8 heteroatoms. The molecule has 0 heterocycles. The van der Waals surface area contributed by atoms with Crippen molar-refractivity contribution in [2.24, 2.45) is 5.41 Å². The van der Waals surface area contributed by atoms with E-state index in [0.29, 0.717) is 18.6 Å². The van der Waals surface area contributed by atoms with Crippen molar-refractivity contribution >= 4 is 8.25 Å². The highest BCUT2D eigenvalue weighted by molar-refractivity contribution is 7.33. The van der Waals surface area contributed by atoms with Gasteiger partial charge in [0.1, 0.15) is 17.2 Å². The van der Waals surface area contributed by atoms with E-state index in [2.05, 4.69) is 20.8 Å². The summed E-state index contributed by atoms with van der Waals surface area (Å²) < 4.78 is 25.3. The van der Waals surface area contributed by atoms with Gasteiger partial charge in [0.15, 0.2) is 6.29 Å². The van der Waals surface area contributed by atoms with E-state index in [1.54, 1.807) is 6.07 Å². The normalized spacial score (nSPS) is 14.9. The van der Waals surface area contributed by atoms with Gasteiger partial charge in [-0.3, -0.25) is 4.52 Å². The van der Waals surface area contributed by atoms with E-state index in [4.69, 9.17) is 9.05 Å². The highest BCUT2D eigenvalue weighted by atomic mass is 31.1. The number of hydrogen-bond acceptors (Lipinski definition) is 7. The monoisotopic (exact) mass is 710 g/mol. The predicted molar refractivity (Wildman–Crippen MR) is 205 cm³/mol. The Labute approximate surface area is 302 Å². The lowest BCUT2D eigenvalue weighted by molar-refractivity contribution is -0.128. The van der Waals surface area contributed by atoms with Crippen LogP contribution >= 0.6 is 8.25 Å². The first kappa shape index (κ1) is 41.6. The predicted octanol–water partition coefficient (Wildman–Crippen LogP) is 9.99. The summed E-state index contributed by atoms with van der Waals surface area (Å²) in [7, 11) is -2.98. The average Bonchev–Trinajstić information content (AvgIpc) is 2.92. The van der Waals surface area contributed by atoms with Gasteiger partial charge >= 0.3 is 8.25 Å². The topological polar surface area (TPSA) is 116 Å². The molecule has 0 aliphatic heterocycles. The van der Waals surface area contributed by atoms with Gasteiger partial charge in [-0.1, -0.05) is 102 Å². The Balaban J connectivity index is 1.94. The van der Waals surface area contributed by atoms with Gasteiger partial charge in [0, 0.05) is 11.0 Å². The zero-order valence-corrected chi connectivity index (χ0v) is 34.2. The molecule has 0 aliphatic rings. The number of aryl methyl sites for hydroxylation is 2. The van der Waals surface area contributed by atoms with Crippen LogP contribution < -0.4 is 4.52 Å². The van der Waals surface area contributed by atoms with Crippen LogP contribution in [0.5, 0.6) is 17.2 Å². The van der Waals surface area contributed by atoms with Crippen LogP contribution in [0.3, 0.4) is 0 Å². The molecule has 2 unspecified atom stereocenters. The fourth-order valence-corrected chi connectivity index (χ4v) is 7.11. The molecule has 0 radical (unpaired) electrons. The standard InChI is InChI=1S/C42H63O7P/c1-25-16-34(43)30(38(3,4)5)20-28(25)22-42(15,37(45)46)23-29-21-31(39(6,7)8)35(17-26(29)2)49-50(47)48-24-27-18-32(40(9,10)11)36(44)33(19-27)41(12,13)14/h16-21,37,43-46,50H,22-24H2,1-15H3. The van der Waals surface area contributed by atoms with Crippen molar-refractivity contribution in [1.29, 1.82) is 0 Å². The number of aromatic hydroxyl groups is 2. The molecule has 0 saturated carbocycles. The largest absolute Gasteiger partial charge is 0.508 e. The van der Waals surface area contributed by atoms with Gasteiger partial charge in [0.05, 0.1) is 6.61 Å². The molecule has 0 saturated heterocycles. The second kappa shape index (κ2) is 14.7. The van der Waals surface area contributed by atoms with E-state index in [0.717, 1.165) is 50.1 Å². The van der Waals surface area contributed by atoms with E-state index in [9.17, 15) is 25.0 Å². The van der Waals surface area contributed by atoms with Crippen molar-refractivity contribution in [1.82, 2.24) is 0 Å². The molecule has 3 rings (SSSR count). The first-order chi connectivity index (χ1) is 22.5. The van der Waals surface area contributed by atoms with E-state index < -0.39 is 20.0 Å². The van der Waals surface area contributed by atoms with Gasteiger partial charge in [-0.05, 0) is 117 Å². The summed E-state index contributed by atoms with van der Waals surface area (Å²) in [6.45, 7) is 30.4.